The molecular formula is C14H12ClNO3. The number of benzene rings is 2. The molecule has 98 valence electrons. The second kappa shape index (κ2) is 5.20. The molecule has 0 bridgehead atoms. The van der Waals surface area contributed by atoms with Gasteiger partial charge in [-0.1, -0.05) is 17.7 Å². The van der Waals surface area contributed by atoms with Crippen molar-refractivity contribution in [3.63, 3.8) is 0 Å². The number of hydrogen-bond acceptors (Lipinski definition) is 3. The van der Waals surface area contributed by atoms with E-state index in [9.17, 15) is 15.0 Å². The monoisotopic (exact) mass is 277 g/mol. The van der Waals surface area contributed by atoms with Crippen LogP contribution in [0.5, 0.6) is 11.5 Å². The Labute approximate surface area is 115 Å². The van der Waals surface area contributed by atoms with Crippen molar-refractivity contribution in [1.82, 2.24) is 0 Å². The van der Waals surface area contributed by atoms with E-state index in [-0.39, 0.29) is 17.1 Å². The van der Waals surface area contributed by atoms with Gasteiger partial charge in [-0.3, -0.25) is 4.79 Å². The van der Waals surface area contributed by atoms with Crippen LogP contribution in [-0.2, 0) is 0 Å². The lowest BCUT2D eigenvalue weighted by atomic mass is 10.1. The molecule has 0 fully saturated rings. The highest BCUT2D eigenvalue weighted by molar-refractivity contribution is 6.34. The Morgan fingerprint density at radius 3 is 2.37 bits per heavy atom. The van der Waals surface area contributed by atoms with Crippen molar-refractivity contribution < 1.29 is 15.0 Å². The fraction of sp³-hybridized carbons (Fsp3) is 0.0714. The Bertz CT molecular complexity index is 620. The number of aryl methyl sites for hydroxylation is 1. The minimum Gasteiger partial charge on any atom is -0.508 e. The molecule has 0 heterocycles. The Balaban J connectivity index is 2.28. The van der Waals surface area contributed by atoms with Crippen molar-refractivity contribution in [2.45, 2.75) is 6.92 Å². The van der Waals surface area contributed by atoms with E-state index in [4.69, 9.17) is 11.6 Å². The zero-order valence-corrected chi connectivity index (χ0v) is 10.9. The summed E-state index contributed by atoms with van der Waals surface area (Å²) in [5.41, 5.74) is 1.59. The van der Waals surface area contributed by atoms with Gasteiger partial charge in [0, 0.05) is 11.6 Å². The summed E-state index contributed by atoms with van der Waals surface area (Å²) in [5, 5.41) is 21.7. The Hall–Kier alpha value is -2.20. The van der Waals surface area contributed by atoms with E-state index >= 15 is 0 Å². The Kier molecular flexibility index (Phi) is 3.62. The van der Waals surface area contributed by atoms with E-state index in [0.29, 0.717) is 10.7 Å². The van der Waals surface area contributed by atoms with Gasteiger partial charge in [0.15, 0.2) is 0 Å². The molecule has 19 heavy (non-hydrogen) atoms. The molecule has 0 unspecified atom stereocenters. The topological polar surface area (TPSA) is 69.6 Å². The number of nitrogens with one attached hydrogen (secondary N) is 1. The maximum absolute atomic E-state index is 12.0. The van der Waals surface area contributed by atoms with E-state index in [1.807, 2.05) is 13.0 Å². The van der Waals surface area contributed by atoms with Crippen LogP contribution < -0.4 is 5.32 Å². The van der Waals surface area contributed by atoms with E-state index in [2.05, 4.69) is 5.32 Å². The molecule has 1 amide bonds. The molecule has 2 rings (SSSR count). The summed E-state index contributed by atoms with van der Waals surface area (Å²) in [6, 6.07) is 8.93. The number of carbonyl (C=O) groups is 1. The number of halogens is 1. The van der Waals surface area contributed by atoms with Crippen molar-refractivity contribution >= 4 is 23.2 Å². The summed E-state index contributed by atoms with van der Waals surface area (Å²) >= 11 is 5.98. The molecule has 0 saturated carbocycles. The summed E-state index contributed by atoms with van der Waals surface area (Å²) in [6.45, 7) is 1.88. The first kappa shape index (κ1) is 13.2. The van der Waals surface area contributed by atoms with E-state index in [1.165, 1.54) is 12.1 Å². The van der Waals surface area contributed by atoms with Crippen LogP contribution in [0.4, 0.5) is 5.69 Å². The average Bonchev–Trinajstić information content (AvgIpc) is 2.32. The third-order valence-electron chi connectivity index (χ3n) is 2.53. The van der Waals surface area contributed by atoms with Gasteiger partial charge in [0.2, 0.25) is 0 Å². The molecule has 0 atom stereocenters. The third-order valence-corrected chi connectivity index (χ3v) is 2.86. The van der Waals surface area contributed by atoms with Crippen LogP contribution in [0.1, 0.15) is 15.9 Å². The van der Waals surface area contributed by atoms with Crippen molar-refractivity contribution in [2.75, 3.05) is 5.32 Å². The second-order valence-electron chi connectivity index (χ2n) is 4.18. The van der Waals surface area contributed by atoms with Crippen molar-refractivity contribution in [2.24, 2.45) is 0 Å². The minimum atomic E-state index is -0.460. The molecule has 4 nitrogen and oxygen atoms in total. The standard InChI is InChI=1S/C14H12ClNO3/c1-8-2-3-12(15)13(4-8)16-14(19)9-5-10(17)7-11(18)6-9/h2-7,17-18H,1H3,(H,16,19). The average molecular weight is 278 g/mol. The lowest BCUT2D eigenvalue weighted by Gasteiger charge is -2.08. The lowest BCUT2D eigenvalue weighted by Crippen LogP contribution is -2.12. The molecule has 0 aliphatic rings. The highest BCUT2D eigenvalue weighted by Crippen LogP contribution is 2.25. The lowest BCUT2D eigenvalue weighted by molar-refractivity contribution is 0.102. The first-order chi connectivity index (χ1) is 8.95. The van der Waals surface area contributed by atoms with E-state index in [1.54, 1.807) is 12.1 Å². The van der Waals surface area contributed by atoms with Gasteiger partial charge in [0.25, 0.3) is 5.91 Å². The molecule has 0 aliphatic carbocycles. The predicted molar refractivity (Wildman–Crippen MR) is 73.9 cm³/mol. The predicted octanol–water partition coefficient (Wildman–Crippen LogP) is 3.31. The smallest absolute Gasteiger partial charge is 0.255 e. The molecule has 0 saturated heterocycles. The largest absolute Gasteiger partial charge is 0.508 e. The summed E-state index contributed by atoms with van der Waals surface area (Å²) < 4.78 is 0. The van der Waals surface area contributed by atoms with Crippen LogP contribution in [0, 0.1) is 6.92 Å². The molecule has 0 spiro atoms. The summed E-state index contributed by atoms with van der Waals surface area (Å²) in [5.74, 6) is -0.820. The van der Waals surface area contributed by atoms with Crippen LogP contribution in [0.3, 0.4) is 0 Å². The van der Waals surface area contributed by atoms with Gasteiger partial charge in [-0.2, -0.15) is 0 Å². The number of phenols is 2. The van der Waals surface area contributed by atoms with Crippen molar-refractivity contribution in [3.8, 4) is 11.5 Å². The van der Waals surface area contributed by atoms with Gasteiger partial charge in [-0.15, -0.1) is 0 Å². The SMILES string of the molecule is Cc1ccc(Cl)c(NC(=O)c2cc(O)cc(O)c2)c1. The van der Waals surface area contributed by atoms with Gasteiger partial charge >= 0.3 is 0 Å². The number of phenolic OH excluding ortho intramolecular Hbond substituents is 2. The van der Waals surface area contributed by atoms with Crippen LogP contribution in [0.2, 0.25) is 5.02 Å². The maximum atomic E-state index is 12.0. The molecule has 5 heteroatoms. The molecular weight excluding hydrogens is 266 g/mol. The molecule has 2 aromatic carbocycles. The Morgan fingerprint density at radius 2 is 1.74 bits per heavy atom. The van der Waals surface area contributed by atoms with E-state index in [0.717, 1.165) is 11.6 Å². The number of aromatic hydroxyl groups is 2. The number of anilines is 1. The van der Waals surface area contributed by atoms with Crippen molar-refractivity contribution in [1.29, 1.82) is 0 Å². The van der Waals surface area contributed by atoms with Crippen LogP contribution in [0.25, 0.3) is 0 Å². The van der Waals surface area contributed by atoms with Crippen molar-refractivity contribution in [3.05, 3.63) is 52.5 Å². The van der Waals surface area contributed by atoms with Gasteiger partial charge < -0.3 is 15.5 Å². The fourth-order valence-electron chi connectivity index (χ4n) is 1.66. The van der Waals surface area contributed by atoms with Gasteiger partial charge in [0.05, 0.1) is 10.7 Å². The number of carbonyl (C=O) groups excluding carboxylic acids is 1. The zero-order valence-electron chi connectivity index (χ0n) is 10.1. The second-order valence-corrected chi connectivity index (χ2v) is 4.58. The van der Waals surface area contributed by atoms with Gasteiger partial charge in [-0.25, -0.2) is 0 Å². The van der Waals surface area contributed by atoms with Crippen LogP contribution >= 0.6 is 11.6 Å². The molecule has 0 radical (unpaired) electrons. The number of amides is 1. The molecule has 0 aliphatic heterocycles. The number of rotatable bonds is 2. The maximum Gasteiger partial charge on any atom is 0.255 e. The first-order valence-corrected chi connectivity index (χ1v) is 5.94. The molecule has 2 aromatic rings. The minimum absolute atomic E-state index is 0.148. The zero-order chi connectivity index (χ0) is 14.0. The van der Waals surface area contributed by atoms with E-state index < -0.39 is 5.91 Å². The third kappa shape index (κ3) is 3.17. The fourth-order valence-corrected chi connectivity index (χ4v) is 1.82. The van der Waals surface area contributed by atoms with Crippen LogP contribution in [-0.4, -0.2) is 16.1 Å². The first-order valence-electron chi connectivity index (χ1n) is 5.56. The summed E-state index contributed by atoms with van der Waals surface area (Å²) in [7, 11) is 0. The summed E-state index contributed by atoms with van der Waals surface area (Å²) in [6.07, 6.45) is 0. The van der Waals surface area contributed by atoms with Crippen LogP contribution in [0.15, 0.2) is 36.4 Å². The quantitative estimate of drug-likeness (QED) is 0.789. The molecule has 3 N–H and O–H groups in total. The molecule has 0 aromatic heterocycles. The highest BCUT2D eigenvalue weighted by Gasteiger charge is 2.10. The van der Waals surface area contributed by atoms with Gasteiger partial charge in [0.1, 0.15) is 11.5 Å². The Morgan fingerprint density at radius 1 is 1.11 bits per heavy atom. The normalized spacial score (nSPS) is 10.2. The van der Waals surface area contributed by atoms with Gasteiger partial charge in [-0.05, 0) is 36.8 Å². The highest BCUT2D eigenvalue weighted by atomic mass is 35.5. The number of hydrogen-bond donors (Lipinski definition) is 3. The summed E-state index contributed by atoms with van der Waals surface area (Å²) in [4.78, 5) is 12.0.